The third-order valence-electron chi connectivity index (χ3n) is 5.08. The zero-order valence-corrected chi connectivity index (χ0v) is 16.2. The molecule has 1 saturated heterocycles. The molecule has 6 nitrogen and oxygen atoms in total. The first-order valence-electron chi connectivity index (χ1n) is 9.65. The zero-order chi connectivity index (χ0) is 19.9. The molecule has 148 valence electrons. The van der Waals surface area contributed by atoms with Gasteiger partial charge in [0.25, 0.3) is 0 Å². The van der Waals surface area contributed by atoms with E-state index in [-0.39, 0.29) is 18.4 Å². The standard InChI is InChI=1S/C22H27N3O3/c1-24(14-15-26)19-11-9-18(10-12-19)23-22(28)20-8-5-13-25(20)21(27)16-17-6-3-2-4-7-17/h2-4,6-7,9-12,20,26H,5,8,13-16H2,1H3,(H,23,28). The van der Waals surface area contributed by atoms with E-state index in [1.165, 1.54) is 0 Å². The smallest absolute Gasteiger partial charge is 0.247 e. The Kier molecular flexibility index (Phi) is 6.66. The number of benzene rings is 2. The number of hydrogen-bond acceptors (Lipinski definition) is 4. The molecule has 2 amide bonds. The molecule has 1 fully saturated rings. The summed E-state index contributed by atoms with van der Waals surface area (Å²) >= 11 is 0. The first-order chi connectivity index (χ1) is 13.6. The van der Waals surface area contributed by atoms with E-state index >= 15 is 0 Å². The van der Waals surface area contributed by atoms with Crippen molar-refractivity contribution in [2.75, 3.05) is 37.0 Å². The molecule has 1 aliphatic heterocycles. The van der Waals surface area contributed by atoms with Gasteiger partial charge in [0.1, 0.15) is 6.04 Å². The summed E-state index contributed by atoms with van der Waals surface area (Å²) in [5, 5.41) is 12.0. The summed E-state index contributed by atoms with van der Waals surface area (Å²) in [6.07, 6.45) is 1.84. The third kappa shape index (κ3) is 4.89. The average Bonchev–Trinajstić information content (AvgIpc) is 3.20. The van der Waals surface area contributed by atoms with Crippen molar-refractivity contribution in [3.05, 3.63) is 60.2 Å². The van der Waals surface area contributed by atoms with Crippen LogP contribution in [0.15, 0.2) is 54.6 Å². The molecule has 3 rings (SSSR count). The fourth-order valence-corrected chi connectivity index (χ4v) is 3.51. The molecular weight excluding hydrogens is 354 g/mol. The third-order valence-corrected chi connectivity index (χ3v) is 5.08. The molecule has 2 aromatic carbocycles. The van der Waals surface area contributed by atoms with Crippen LogP contribution >= 0.6 is 0 Å². The highest BCUT2D eigenvalue weighted by atomic mass is 16.3. The summed E-state index contributed by atoms with van der Waals surface area (Å²) in [5.41, 5.74) is 2.63. The van der Waals surface area contributed by atoms with E-state index in [2.05, 4.69) is 5.32 Å². The number of anilines is 2. The number of carbonyl (C=O) groups is 2. The highest BCUT2D eigenvalue weighted by Gasteiger charge is 2.33. The topological polar surface area (TPSA) is 72.9 Å². The van der Waals surface area contributed by atoms with E-state index in [0.717, 1.165) is 17.7 Å². The maximum absolute atomic E-state index is 12.8. The van der Waals surface area contributed by atoms with Crippen LogP contribution in [0.3, 0.4) is 0 Å². The number of nitrogens with zero attached hydrogens (tertiary/aromatic N) is 2. The Morgan fingerprint density at radius 3 is 2.54 bits per heavy atom. The molecule has 0 aliphatic carbocycles. The fourth-order valence-electron chi connectivity index (χ4n) is 3.51. The molecule has 2 N–H and O–H groups in total. The predicted molar refractivity (Wildman–Crippen MR) is 110 cm³/mol. The molecule has 0 radical (unpaired) electrons. The van der Waals surface area contributed by atoms with Crippen LogP contribution in [0.5, 0.6) is 0 Å². The number of nitrogens with one attached hydrogen (secondary N) is 1. The van der Waals surface area contributed by atoms with Crippen LogP contribution in [0.1, 0.15) is 18.4 Å². The predicted octanol–water partition coefficient (Wildman–Crippen LogP) is 2.29. The second-order valence-corrected chi connectivity index (χ2v) is 7.09. The van der Waals surface area contributed by atoms with Crippen LogP contribution in [0.4, 0.5) is 11.4 Å². The van der Waals surface area contributed by atoms with Gasteiger partial charge < -0.3 is 20.2 Å². The number of aliphatic hydroxyl groups is 1. The lowest BCUT2D eigenvalue weighted by Gasteiger charge is -2.24. The van der Waals surface area contributed by atoms with Crippen LogP contribution in [0, 0.1) is 0 Å². The van der Waals surface area contributed by atoms with Gasteiger partial charge in [0, 0.05) is 31.5 Å². The molecular formula is C22H27N3O3. The molecule has 6 heteroatoms. The largest absolute Gasteiger partial charge is 0.395 e. The molecule has 1 heterocycles. The second kappa shape index (κ2) is 9.37. The summed E-state index contributed by atoms with van der Waals surface area (Å²) in [4.78, 5) is 29.1. The quantitative estimate of drug-likeness (QED) is 0.772. The van der Waals surface area contributed by atoms with Gasteiger partial charge in [-0.2, -0.15) is 0 Å². The van der Waals surface area contributed by atoms with Gasteiger partial charge in [0.05, 0.1) is 13.0 Å². The van der Waals surface area contributed by atoms with Gasteiger partial charge in [0.15, 0.2) is 0 Å². The van der Waals surface area contributed by atoms with Gasteiger partial charge in [-0.05, 0) is 42.7 Å². The minimum absolute atomic E-state index is 0.00942. The summed E-state index contributed by atoms with van der Waals surface area (Å²) in [5.74, 6) is -0.153. The molecule has 0 bridgehead atoms. The monoisotopic (exact) mass is 381 g/mol. The highest BCUT2D eigenvalue weighted by Crippen LogP contribution is 2.22. The molecule has 1 aliphatic rings. The Labute approximate surface area is 165 Å². The molecule has 0 spiro atoms. The van der Waals surface area contributed by atoms with Gasteiger partial charge in [-0.3, -0.25) is 9.59 Å². The summed E-state index contributed by atoms with van der Waals surface area (Å²) in [6.45, 7) is 1.25. The van der Waals surface area contributed by atoms with E-state index in [1.54, 1.807) is 4.90 Å². The van der Waals surface area contributed by atoms with Crippen molar-refractivity contribution in [1.82, 2.24) is 4.90 Å². The summed E-state index contributed by atoms with van der Waals surface area (Å²) in [6, 6.07) is 16.7. The number of aliphatic hydroxyl groups excluding tert-OH is 1. The summed E-state index contributed by atoms with van der Waals surface area (Å²) < 4.78 is 0. The van der Waals surface area contributed by atoms with Crippen molar-refractivity contribution in [3.63, 3.8) is 0 Å². The fraction of sp³-hybridized carbons (Fsp3) is 0.364. The maximum Gasteiger partial charge on any atom is 0.247 e. The number of carbonyl (C=O) groups excluding carboxylic acids is 2. The first kappa shape index (κ1) is 19.9. The van der Waals surface area contributed by atoms with Crippen molar-refractivity contribution in [3.8, 4) is 0 Å². The Hall–Kier alpha value is -2.86. The van der Waals surface area contributed by atoms with Crippen LogP contribution in [0.2, 0.25) is 0 Å². The molecule has 2 aromatic rings. The van der Waals surface area contributed by atoms with Crippen LogP contribution < -0.4 is 10.2 Å². The lowest BCUT2D eigenvalue weighted by atomic mass is 10.1. The SMILES string of the molecule is CN(CCO)c1ccc(NC(=O)C2CCCN2C(=O)Cc2ccccc2)cc1. The van der Waals surface area contributed by atoms with Gasteiger partial charge in [-0.25, -0.2) is 0 Å². The van der Waals surface area contributed by atoms with Crippen LogP contribution in [0.25, 0.3) is 0 Å². The molecule has 1 atom stereocenters. The Morgan fingerprint density at radius 2 is 1.86 bits per heavy atom. The lowest BCUT2D eigenvalue weighted by molar-refractivity contribution is -0.136. The zero-order valence-electron chi connectivity index (χ0n) is 16.2. The Morgan fingerprint density at radius 1 is 1.14 bits per heavy atom. The number of amides is 2. The number of likely N-dealkylation sites (tertiary alicyclic amines) is 1. The molecule has 28 heavy (non-hydrogen) atoms. The highest BCUT2D eigenvalue weighted by molar-refractivity contribution is 5.97. The Balaban J connectivity index is 1.60. The van der Waals surface area contributed by atoms with Gasteiger partial charge >= 0.3 is 0 Å². The van der Waals surface area contributed by atoms with E-state index in [4.69, 9.17) is 5.11 Å². The Bertz CT molecular complexity index is 792. The van der Waals surface area contributed by atoms with Crippen molar-refractivity contribution in [2.24, 2.45) is 0 Å². The maximum atomic E-state index is 12.8. The normalized spacial score (nSPS) is 16.1. The molecule has 1 unspecified atom stereocenters. The van der Waals surface area contributed by atoms with Gasteiger partial charge in [0.2, 0.25) is 11.8 Å². The van der Waals surface area contributed by atoms with E-state index < -0.39 is 6.04 Å². The van der Waals surface area contributed by atoms with Crippen molar-refractivity contribution < 1.29 is 14.7 Å². The van der Waals surface area contributed by atoms with E-state index in [9.17, 15) is 9.59 Å². The first-order valence-corrected chi connectivity index (χ1v) is 9.65. The van der Waals surface area contributed by atoms with E-state index in [1.807, 2.05) is 66.5 Å². The van der Waals surface area contributed by atoms with E-state index in [0.29, 0.717) is 31.6 Å². The van der Waals surface area contributed by atoms with Crippen LogP contribution in [-0.2, 0) is 16.0 Å². The number of rotatable bonds is 7. The lowest BCUT2D eigenvalue weighted by Crippen LogP contribution is -2.43. The minimum Gasteiger partial charge on any atom is -0.395 e. The molecule has 0 saturated carbocycles. The van der Waals surface area contributed by atoms with Crippen molar-refractivity contribution in [2.45, 2.75) is 25.3 Å². The number of hydrogen-bond donors (Lipinski definition) is 2. The number of likely N-dealkylation sites (N-methyl/N-ethyl adjacent to an activating group) is 1. The van der Waals surface area contributed by atoms with Gasteiger partial charge in [-0.1, -0.05) is 30.3 Å². The second-order valence-electron chi connectivity index (χ2n) is 7.09. The molecule has 0 aromatic heterocycles. The van der Waals surface area contributed by atoms with Crippen molar-refractivity contribution >= 4 is 23.2 Å². The summed E-state index contributed by atoms with van der Waals surface area (Å²) in [7, 11) is 1.90. The van der Waals surface area contributed by atoms with Gasteiger partial charge in [-0.15, -0.1) is 0 Å². The average molecular weight is 381 g/mol. The van der Waals surface area contributed by atoms with Crippen molar-refractivity contribution in [1.29, 1.82) is 0 Å². The van der Waals surface area contributed by atoms with Crippen LogP contribution in [-0.4, -0.2) is 54.6 Å². The minimum atomic E-state index is -0.423.